The van der Waals surface area contributed by atoms with Crippen molar-refractivity contribution in [1.29, 1.82) is 0 Å². The van der Waals surface area contributed by atoms with Gasteiger partial charge in [0.05, 0.1) is 0 Å². The molecule has 1 N–H and O–H groups in total. The van der Waals surface area contributed by atoms with Crippen LogP contribution >= 0.6 is 0 Å². The maximum Gasteiger partial charge on any atom is 0.304 e. The summed E-state index contributed by atoms with van der Waals surface area (Å²) < 4.78 is 4.68. The Morgan fingerprint density at radius 3 is 3.30 bits per heavy atom. The van der Waals surface area contributed by atoms with Gasteiger partial charge in [0, 0.05) is 6.92 Å². The number of nitrogens with one attached hydrogen (secondary N) is 1. The number of rotatable bonds is 2. The third kappa shape index (κ3) is 1.93. The van der Waals surface area contributed by atoms with Crippen molar-refractivity contribution in [3.8, 4) is 0 Å². The van der Waals surface area contributed by atoms with Crippen LogP contribution in [0.2, 0.25) is 0 Å². The summed E-state index contributed by atoms with van der Waals surface area (Å²) in [5, 5.41) is 3.70. The molecular formula is C5H9N3O2. The molecule has 0 spiro atoms. The molecule has 0 aromatic carbocycles. The average molecular weight is 143 g/mol. The Balaban J connectivity index is 2.13. The minimum Gasteiger partial charge on any atom is -0.444 e. The molecule has 0 saturated carbocycles. The van der Waals surface area contributed by atoms with Gasteiger partial charge in [-0.1, -0.05) is 0 Å². The SMILES string of the molecule is CC(=O)OCN1C=NNC1. The highest BCUT2D eigenvalue weighted by atomic mass is 16.5. The van der Waals surface area contributed by atoms with E-state index in [1.54, 1.807) is 11.2 Å². The first kappa shape index (κ1) is 6.85. The molecule has 0 atom stereocenters. The van der Waals surface area contributed by atoms with Crippen molar-refractivity contribution >= 4 is 12.3 Å². The number of ether oxygens (including phenoxy) is 1. The lowest BCUT2D eigenvalue weighted by molar-refractivity contribution is -0.143. The van der Waals surface area contributed by atoms with E-state index in [1.807, 2.05) is 0 Å². The summed E-state index contributed by atoms with van der Waals surface area (Å²) in [6.07, 6.45) is 1.59. The second kappa shape index (κ2) is 3.05. The predicted molar refractivity (Wildman–Crippen MR) is 35.0 cm³/mol. The Bertz CT molecular complexity index is 157. The summed E-state index contributed by atoms with van der Waals surface area (Å²) in [6.45, 7) is 2.25. The third-order valence-corrected chi connectivity index (χ3v) is 1.02. The molecule has 1 heterocycles. The molecule has 5 nitrogen and oxygen atoms in total. The number of carbonyl (C=O) groups is 1. The molecule has 0 unspecified atom stereocenters. The zero-order valence-corrected chi connectivity index (χ0v) is 5.70. The quantitative estimate of drug-likeness (QED) is 0.520. The molecule has 0 radical (unpaired) electrons. The number of nitrogens with zero attached hydrogens (tertiary/aromatic N) is 2. The first-order valence-electron chi connectivity index (χ1n) is 2.92. The maximum atomic E-state index is 10.3. The molecule has 0 bridgehead atoms. The van der Waals surface area contributed by atoms with E-state index in [9.17, 15) is 4.79 Å². The van der Waals surface area contributed by atoms with E-state index in [1.165, 1.54) is 6.92 Å². The molecule has 1 aliphatic heterocycles. The van der Waals surface area contributed by atoms with Crippen molar-refractivity contribution in [2.45, 2.75) is 6.92 Å². The summed E-state index contributed by atoms with van der Waals surface area (Å²) in [4.78, 5) is 12.0. The van der Waals surface area contributed by atoms with E-state index in [0.717, 1.165) is 0 Å². The average Bonchev–Trinajstić information content (AvgIpc) is 2.34. The molecule has 10 heavy (non-hydrogen) atoms. The molecule has 0 aromatic rings. The highest BCUT2D eigenvalue weighted by Crippen LogP contribution is 1.88. The second-order valence-electron chi connectivity index (χ2n) is 1.91. The van der Waals surface area contributed by atoms with Crippen LogP contribution < -0.4 is 5.43 Å². The number of esters is 1. The van der Waals surface area contributed by atoms with E-state index in [0.29, 0.717) is 6.67 Å². The summed E-state index contributed by atoms with van der Waals surface area (Å²) in [5.74, 6) is -0.277. The van der Waals surface area contributed by atoms with Gasteiger partial charge in [0.2, 0.25) is 0 Å². The molecule has 5 heteroatoms. The van der Waals surface area contributed by atoms with Crippen molar-refractivity contribution in [3.63, 3.8) is 0 Å². The van der Waals surface area contributed by atoms with E-state index >= 15 is 0 Å². The van der Waals surface area contributed by atoms with Crippen molar-refractivity contribution in [3.05, 3.63) is 0 Å². The molecule has 1 rings (SSSR count). The van der Waals surface area contributed by atoms with Crippen molar-refractivity contribution < 1.29 is 9.53 Å². The molecule has 0 fully saturated rings. The van der Waals surface area contributed by atoms with E-state index < -0.39 is 0 Å². The summed E-state index contributed by atoms with van der Waals surface area (Å²) in [7, 11) is 0. The normalized spacial score (nSPS) is 15.1. The lowest BCUT2D eigenvalue weighted by Gasteiger charge is -2.11. The Kier molecular flexibility index (Phi) is 2.09. The predicted octanol–water partition coefficient (Wildman–Crippen LogP) is -0.687. The fourth-order valence-electron chi connectivity index (χ4n) is 0.548. The van der Waals surface area contributed by atoms with Gasteiger partial charge in [-0.3, -0.25) is 10.2 Å². The minimum absolute atomic E-state index is 0.270. The third-order valence-electron chi connectivity index (χ3n) is 1.02. The Morgan fingerprint density at radius 2 is 2.80 bits per heavy atom. The first-order valence-corrected chi connectivity index (χ1v) is 2.92. The standard InChI is InChI=1S/C5H9N3O2/c1-5(9)10-4-8-2-6-7-3-8/h2,7H,3-4H2,1H3. The van der Waals surface area contributed by atoms with Gasteiger partial charge >= 0.3 is 5.97 Å². The minimum atomic E-state index is -0.277. The first-order chi connectivity index (χ1) is 4.79. The molecule has 56 valence electrons. The van der Waals surface area contributed by atoms with Crippen molar-refractivity contribution in [2.75, 3.05) is 13.4 Å². The smallest absolute Gasteiger partial charge is 0.304 e. The van der Waals surface area contributed by atoms with Gasteiger partial charge in [-0.2, -0.15) is 5.10 Å². The van der Waals surface area contributed by atoms with Crippen molar-refractivity contribution in [2.24, 2.45) is 5.10 Å². The topological polar surface area (TPSA) is 53.9 Å². The largest absolute Gasteiger partial charge is 0.444 e. The van der Waals surface area contributed by atoms with Crippen LogP contribution in [-0.4, -0.2) is 30.6 Å². The zero-order chi connectivity index (χ0) is 7.40. The van der Waals surface area contributed by atoms with Crippen molar-refractivity contribution in [1.82, 2.24) is 10.3 Å². The fraction of sp³-hybridized carbons (Fsp3) is 0.600. The van der Waals surface area contributed by atoms with Crippen LogP contribution in [0.25, 0.3) is 0 Å². The molecule has 0 amide bonds. The van der Waals surface area contributed by atoms with Crippen LogP contribution in [-0.2, 0) is 9.53 Å². The summed E-state index contributed by atoms with van der Waals surface area (Å²) >= 11 is 0. The highest BCUT2D eigenvalue weighted by Gasteiger charge is 2.04. The Morgan fingerprint density at radius 1 is 2.00 bits per heavy atom. The van der Waals surface area contributed by atoms with Gasteiger partial charge in [0.15, 0.2) is 6.73 Å². The van der Waals surface area contributed by atoms with Crippen LogP contribution in [0.15, 0.2) is 5.10 Å². The molecule has 0 saturated heterocycles. The van der Waals surface area contributed by atoms with Gasteiger partial charge in [0.25, 0.3) is 0 Å². The van der Waals surface area contributed by atoms with Crippen LogP contribution in [0.5, 0.6) is 0 Å². The number of hydrogen-bond donors (Lipinski definition) is 1. The lowest BCUT2D eigenvalue weighted by atomic mass is 10.8. The fourth-order valence-corrected chi connectivity index (χ4v) is 0.548. The highest BCUT2D eigenvalue weighted by molar-refractivity contribution is 5.66. The van der Waals surface area contributed by atoms with Gasteiger partial charge in [0.1, 0.15) is 13.0 Å². The lowest BCUT2D eigenvalue weighted by Crippen LogP contribution is -2.26. The second-order valence-corrected chi connectivity index (χ2v) is 1.91. The van der Waals surface area contributed by atoms with Crippen LogP contribution in [0.3, 0.4) is 0 Å². The molecule has 0 aliphatic carbocycles. The Labute approximate surface area is 58.6 Å². The van der Waals surface area contributed by atoms with Gasteiger partial charge in [-0.15, -0.1) is 0 Å². The van der Waals surface area contributed by atoms with E-state index in [4.69, 9.17) is 0 Å². The molecule has 1 aliphatic rings. The van der Waals surface area contributed by atoms with Gasteiger partial charge < -0.3 is 9.64 Å². The van der Waals surface area contributed by atoms with E-state index in [2.05, 4.69) is 15.3 Å². The Hall–Kier alpha value is -1.26. The summed E-state index contributed by atoms with van der Waals surface area (Å²) in [5.41, 5.74) is 2.70. The van der Waals surface area contributed by atoms with Crippen LogP contribution in [0, 0.1) is 0 Å². The van der Waals surface area contributed by atoms with Crippen LogP contribution in [0.1, 0.15) is 6.92 Å². The maximum absolute atomic E-state index is 10.3. The zero-order valence-electron chi connectivity index (χ0n) is 5.70. The van der Waals surface area contributed by atoms with Gasteiger partial charge in [-0.25, -0.2) is 0 Å². The molecular weight excluding hydrogens is 134 g/mol. The molecule has 0 aromatic heterocycles. The number of carbonyl (C=O) groups excluding carboxylic acids is 1. The number of hydrogen-bond acceptors (Lipinski definition) is 5. The number of hydrazone groups is 1. The monoisotopic (exact) mass is 143 g/mol. The van der Waals surface area contributed by atoms with Crippen LogP contribution in [0.4, 0.5) is 0 Å². The van der Waals surface area contributed by atoms with E-state index in [-0.39, 0.29) is 12.7 Å². The summed E-state index contributed by atoms with van der Waals surface area (Å²) in [6, 6.07) is 0. The van der Waals surface area contributed by atoms with Gasteiger partial charge in [-0.05, 0) is 0 Å².